The monoisotopic (exact) mass is 294 g/mol. The second kappa shape index (κ2) is 6.83. The first-order chi connectivity index (χ1) is 9.61. The Bertz CT molecular complexity index is 590. The van der Waals surface area contributed by atoms with Gasteiger partial charge in [-0.1, -0.05) is 29.8 Å². The maximum atomic E-state index is 13.8. The summed E-state index contributed by atoms with van der Waals surface area (Å²) in [6.07, 6.45) is 0. The highest BCUT2D eigenvalue weighted by Gasteiger charge is 2.15. The van der Waals surface area contributed by atoms with E-state index < -0.39 is 0 Å². The first-order valence-electron chi connectivity index (χ1n) is 6.21. The average Bonchev–Trinajstić information content (AvgIpc) is 2.45. The number of nitrogens with one attached hydrogen (secondary N) is 1. The van der Waals surface area contributed by atoms with Crippen molar-refractivity contribution in [3.05, 3.63) is 65.2 Å². The van der Waals surface area contributed by atoms with Gasteiger partial charge in [0.2, 0.25) is 0 Å². The zero-order valence-electron chi connectivity index (χ0n) is 11.1. The third-order valence-electron chi connectivity index (χ3n) is 2.97. The van der Waals surface area contributed by atoms with E-state index in [2.05, 4.69) is 5.43 Å². The lowest BCUT2D eigenvalue weighted by Gasteiger charge is -2.17. The lowest BCUT2D eigenvalue weighted by atomic mass is 10.1. The maximum Gasteiger partial charge on any atom is 0.136 e. The second-order valence-electron chi connectivity index (χ2n) is 4.49. The highest BCUT2D eigenvalue weighted by Crippen LogP contribution is 2.27. The molecule has 0 aromatic heterocycles. The van der Waals surface area contributed by atoms with Crippen LogP contribution in [0.2, 0.25) is 0 Å². The summed E-state index contributed by atoms with van der Waals surface area (Å²) in [4.78, 5) is 0.529. The quantitative estimate of drug-likeness (QED) is 0.503. The van der Waals surface area contributed by atoms with Crippen LogP contribution in [0.3, 0.4) is 0 Å². The van der Waals surface area contributed by atoms with Crippen LogP contribution in [-0.4, -0.2) is 5.75 Å². The standard InChI is InChI=1S/C15H16F2N2S/c1-10-6-7-12(16)11(8-10)14(19-18)9-20-15-5-3-2-4-13(15)17/h2-8,14,19H,9,18H2,1H3. The third-order valence-corrected chi connectivity index (χ3v) is 4.11. The minimum atomic E-state index is -0.375. The molecule has 0 saturated heterocycles. The molecule has 0 radical (unpaired) electrons. The van der Waals surface area contributed by atoms with Crippen LogP contribution in [0.25, 0.3) is 0 Å². The molecule has 20 heavy (non-hydrogen) atoms. The molecule has 2 nitrogen and oxygen atoms in total. The summed E-state index contributed by atoms with van der Waals surface area (Å²) in [6.45, 7) is 1.89. The van der Waals surface area contributed by atoms with E-state index in [4.69, 9.17) is 5.84 Å². The van der Waals surface area contributed by atoms with Gasteiger partial charge in [-0.3, -0.25) is 11.3 Å². The molecule has 2 rings (SSSR count). The van der Waals surface area contributed by atoms with Crippen molar-refractivity contribution < 1.29 is 8.78 Å². The van der Waals surface area contributed by atoms with Crippen molar-refractivity contribution in [1.29, 1.82) is 0 Å². The van der Waals surface area contributed by atoms with E-state index in [1.165, 1.54) is 23.9 Å². The molecule has 0 amide bonds. The topological polar surface area (TPSA) is 38.0 Å². The van der Waals surface area contributed by atoms with Gasteiger partial charge in [0, 0.05) is 16.2 Å². The molecular formula is C15H16F2N2S. The van der Waals surface area contributed by atoms with Gasteiger partial charge >= 0.3 is 0 Å². The van der Waals surface area contributed by atoms with Crippen molar-refractivity contribution in [2.24, 2.45) is 5.84 Å². The number of aryl methyl sites for hydroxylation is 1. The number of hydrogen-bond acceptors (Lipinski definition) is 3. The minimum absolute atomic E-state index is 0.280. The van der Waals surface area contributed by atoms with E-state index >= 15 is 0 Å². The van der Waals surface area contributed by atoms with Crippen LogP contribution >= 0.6 is 11.8 Å². The summed E-state index contributed by atoms with van der Waals surface area (Å²) in [5.74, 6) is 5.35. The maximum absolute atomic E-state index is 13.8. The fourth-order valence-electron chi connectivity index (χ4n) is 1.89. The molecule has 106 valence electrons. The largest absolute Gasteiger partial charge is 0.271 e. The van der Waals surface area contributed by atoms with Crippen LogP contribution < -0.4 is 11.3 Å². The number of rotatable bonds is 5. The summed E-state index contributed by atoms with van der Waals surface area (Å²) < 4.78 is 27.4. The molecule has 0 aliphatic heterocycles. The Balaban J connectivity index is 2.13. The zero-order chi connectivity index (χ0) is 14.5. The molecule has 0 heterocycles. The van der Waals surface area contributed by atoms with Gasteiger partial charge in [-0.15, -0.1) is 11.8 Å². The normalized spacial score (nSPS) is 12.4. The predicted molar refractivity (Wildman–Crippen MR) is 78.3 cm³/mol. The van der Waals surface area contributed by atoms with Crippen LogP contribution in [0.1, 0.15) is 17.2 Å². The Kier molecular flexibility index (Phi) is 5.11. The van der Waals surface area contributed by atoms with Crippen LogP contribution in [0, 0.1) is 18.6 Å². The van der Waals surface area contributed by atoms with E-state index in [0.717, 1.165) is 5.56 Å². The third kappa shape index (κ3) is 3.56. The minimum Gasteiger partial charge on any atom is -0.271 e. The molecule has 0 spiro atoms. The zero-order valence-corrected chi connectivity index (χ0v) is 11.9. The van der Waals surface area contributed by atoms with Crippen molar-refractivity contribution in [2.45, 2.75) is 17.9 Å². The summed E-state index contributed by atoms with van der Waals surface area (Å²) in [5, 5.41) is 0. The van der Waals surface area contributed by atoms with Crippen LogP contribution in [-0.2, 0) is 0 Å². The van der Waals surface area contributed by atoms with Gasteiger partial charge in [0.1, 0.15) is 11.6 Å². The Hall–Kier alpha value is -1.43. The van der Waals surface area contributed by atoms with Crippen molar-refractivity contribution >= 4 is 11.8 Å². The molecule has 0 saturated carbocycles. The molecule has 2 aromatic carbocycles. The first-order valence-corrected chi connectivity index (χ1v) is 7.20. The van der Waals surface area contributed by atoms with Crippen molar-refractivity contribution in [3.8, 4) is 0 Å². The van der Waals surface area contributed by atoms with Gasteiger partial charge in [0.05, 0.1) is 6.04 Å². The van der Waals surface area contributed by atoms with Crippen LogP contribution in [0.5, 0.6) is 0 Å². The lowest BCUT2D eigenvalue weighted by Crippen LogP contribution is -2.30. The molecule has 1 atom stereocenters. The van der Waals surface area contributed by atoms with Gasteiger partial charge in [-0.2, -0.15) is 0 Å². The van der Waals surface area contributed by atoms with E-state index in [-0.39, 0.29) is 17.7 Å². The number of nitrogens with two attached hydrogens (primary N) is 1. The molecule has 0 aliphatic rings. The van der Waals surface area contributed by atoms with Gasteiger partial charge in [0.15, 0.2) is 0 Å². The average molecular weight is 294 g/mol. The fourth-order valence-corrected chi connectivity index (χ4v) is 2.90. The van der Waals surface area contributed by atoms with Crippen molar-refractivity contribution in [3.63, 3.8) is 0 Å². The number of hydrazine groups is 1. The highest BCUT2D eigenvalue weighted by atomic mass is 32.2. The van der Waals surface area contributed by atoms with E-state index in [9.17, 15) is 8.78 Å². The SMILES string of the molecule is Cc1ccc(F)c(C(CSc2ccccc2F)NN)c1. The van der Waals surface area contributed by atoms with Gasteiger partial charge in [-0.05, 0) is 25.1 Å². The predicted octanol–water partition coefficient (Wildman–Crippen LogP) is 3.57. The van der Waals surface area contributed by atoms with Crippen LogP contribution in [0.15, 0.2) is 47.4 Å². The van der Waals surface area contributed by atoms with Crippen LogP contribution in [0.4, 0.5) is 8.78 Å². The molecular weight excluding hydrogens is 278 g/mol. The van der Waals surface area contributed by atoms with Gasteiger partial charge < -0.3 is 0 Å². The highest BCUT2D eigenvalue weighted by molar-refractivity contribution is 7.99. The Morgan fingerprint density at radius 2 is 1.90 bits per heavy atom. The summed E-state index contributed by atoms with van der Waals surface area (Å²) in [6, 6.07) is 11.0. The fraction of sp³-hybridized carbons (Fsp3) is 0.200. The van der Waals surface area contributed by atoms with Gasteiger partial charge in [-0.25, -0.2) is 8.78 Å². The number of halogens is 2. The van der Waals surface area contributed by atoms with E-state index in [0.29, 0.717) is 16.2 Å². The lowest BCUT2D eigenvalue weighted by molar-refractivity contribution is 0.545. The molecule has 2 aromatic rings. The summed E-state index contributed by atoms with van der Waals surface area (Å²) in [7, 11) is 0. The molecule has 0 bridgehead atoms. The van der Waals surface area contributed by atoms with Gasteiger partial charge in [0.25, 0.3) is 0 Å². The van der Waals surface area contributed by atoms with E-state index in [1.807, 2.05) is 6.92 Å². The number of benzene rings is 2. The number of hydrogen-bond donors (Lipinski definition) is 2. The molecule has 1 unspecified atom stereocenters. The molecule has 0 fully saturated rings. The Labute approximate surface area is 121 Å². The first kappa shape index (κ1) is 15.0. The Morgan fingerprint density at radius 3 is 2.60 bits per heavy atom. The second-order valence-corrected chi connectivity index (χ2v) is 5.55. The number of thioether (sulfide) groups is 1. The molecule has 5 heteroatoms. The summed E-state index contributed by atoms with van der Waals surface area (Å²) in [5.41, 5.74) is 4.05. The van der Waals surface area contributed by atoms with Crippen molar-refractivity contribution in [2.75, 3.05) is 5.75 Å². The summed E-state index contributed by atoms with van der Waals surface area (Å²) >= 11 is 1.30. The Morgan fingerprint density at radius 1 is 1.15 bits per heavy atom. The molecule has 3 N–H and O–H groups in total. The van der Waals surface area contributed by atoms with Crippen molar-refractivity contribution in [1.82, 2.24) is 5.43 Å². The van der Waals surface area contributed by atoms with E-state index in [1.54, 1.807) is 30.3 Å². The molecule has 0 aliphatic carbocycles. The smallest absolute Gasteiger partial charge is 0.136 e.